The predicted octanol–water partition coefficient (Wildman–Crippen LogP) is 3.76. The van der Waals surface area contributed by atoms with E-state index in [0.29, 0.717) is 23.3 Å². The number of fused-ring (bicyclic) bond motifs is 1. The number of aliphatic imine (C=N–C) groups is 1. The standard InChI is InChI=1S/C15H19NO2S/c1-5-18-15(17)13-8-11-6-7-12(10(3)16-4)9(2)14(11)19-13/h6-10,12H,4-5H2,1-3H3. The highest BCUT2D eigenvalue weighted by Gasteiger charge is 2.29. The third-order valence-corrected chi connectivity index (χ3v) is 4.93. The molecule has 3 unspecified atom stereocenters. The maximum atomic E-state index is 11.8. The Morgan fingerprint density at radius 2 is 2.37 bits per heavy atom. The van der Waals surface area contributed by atoms with Gasteiger partial charge in [0.05, 0.1) is 12.6 Å². The topological polar surface area (TPSA) is 38.7 Å². The normalized spacial score (nSPS) is 22.7. The molecule has 3 nitrogen and oxygen atoms in total. The Morgan fingerprint density at radius 1 is 1.63 bits per heavy atom. The first-order valence-electron chi connectivity index (χ1n) is 6.53. The summed E-state index contributed by atoms with van der Waals surface area (Å²) in [4.78, 5) is 17.8. The van der Waals surface area contributed by atoms with Gasteiger partial charge in [-0.15, -0.1) is 11.3 Å². The Labute approximate surface area is 118 Å². The van der Waals surface area contributed by atoms with Crippen molar-refractivity contribution >= 4 is 30.1 Å². The van der Waals surface area contributed by atoms with E-state index < -0.39 is 0 Å². The van der Waals surface area contributed by atoms with Crippen LogP contribution in [0.5, 0.6) is 0 Å². The van der Waals surface area contributed by atoms with E-state index in [1.165, 1.54) is 16.2 Å². The number of rotatable bonds is 4. The molecule has 2 rings (SSSR count). The van der Waals surface area contributed by atoms with Crippen molar-refractivity contribution in [3.63, 3.8) is 0 Å². The highest BCUT2D eigenvalue weighted by molar-refractivity contribution is 7.14. The molecule has 0 saturated heterocycles. The Hall–Kier alpha value is -1.42. The molecule has 1 heterocycles. The molecule has 1 aliphatic carbocycles. The van der Waals surface area contributed by atoms with Gasteiger partial charge in [0.15, 0.2) is 0 Å². The fraction of sp³-hybridized carbons (Fsp3) is 0.467. The van der Waals surface area contributed by atoms with Gasteiger partial charge in [-0.25, -0.2) is 4.79 Å². The van der Waals surface area contributed by atoms with Crippen LogP contribution in [-0.2, 0) is 4.74 Å². The lowest BCUT2D eigenvalue weighted by molar-refractivity contribution is 0.0532. The van der Waals surface area contributed by atoms with E-state index in [0.717, 1.165) is 5.56 Å². The van der Waals surface area contributed by atoms with E-state index in [1.807, 2.05) is 13.0 Å². The van der Waals surface area contributed by atoms with Gasteiger partial charge in [0.2, 0.25) is 0 Å². The Kier molecular flexibility index (Phi) is 4.20. The number of ether oxygens (including phenoxy) is 1. The molecular weight excluding hydrogens is 258 g/mol. The van der Waals surface area contributed by atoms with Crippen molar-refractivity contribution < 1.29 is 9.53 Å². The largest absolute Gasteiger partial charge is 0.462 e. The van der Waals surface area contributed by atoms with Crippen molar-refractivity contribution in [1.82, 2.24) is 0 Å². The van der Waals surface area contributed by atoms with Crippen LogP contribution in [-0.4, -0.2) is 25.3 Å². The van der Waals surface area contributed by atoms with Gasteiger partial charge in [-0.3, -0.25) is 4.99 Å². The van der Waals surface area contributed by atoms with Crippen LogP contribution >= 0.6 is 11.3 Å². The van der Waals surface area contributed by atoms with Crippen LogP contribution in [0, 0.1) is 5.92 Å². The number of hydrogen-bond acceptors (Lipinski definition) is 4. The highest BCUT2D eigenvalue weighted by atomic mass is 32.1. The summed E-state index contributed by atoms with van der Waals surface area (Å²) >= 11 is 1.54. The maximum absolute atomic E-state index is 11.8. The zero-order valence-corrected chi connectivity index (χ0v) is 12.4. The van der Waals surface area contributed by atoms with Gasteiger partial charge >= 0.3 is 5.97 Å². The summed E-state index contributed by atoms with van der Waals surface area (Å²) in [6.45, 7) is 10.1. The molecular formula is C15H19NO2S. The Balaban J connectivity index is 2.28. The fourth-order valence-electron chi connectivity index (χ4n) is 2.46. The lowest BCUT2D eigenvalue weighted by Gasteiger charge is -2.27. The molecule has 1 aromatic heterocycles. The lowest BCUT2D eigenvalue weighted by Crippen LogP contribution is -2.20. The average Bonchev–Trinajstić information content (AvgIpc) is 2.83. The third kappa shape index (κ3) is 2.63. The van der Waals surface area contributed by atoms with Crippen LogP contribution in [0.15, 0.2) is 17.1 Å². The second-order valence-electron chi connectivity index (χ2n) is 4.80. The minimum atomic E-state index is -0.228. The molecule has 0 fully saturated rings. The number of hydrogen-bond donors (Lipinski definition) is 0. The monoisotopic (exact) mass is 277 g/mol. The van der Waals surface area contributed by atoms with Gasteiger partial charge in [-0.1, -0.05) is 19.1 Å². The molecule has 102 valence electrons. The summed E-state index contributed by atoms with van der Waals surface area (Å²) in [6, 6.07) is 2.11. The molecule has 0 bridgehead atoms. The van der Waals surface area contributed by atoms with Gasteiger partial charge in [-0.2, -0.15) is 0 Å². The minimum absolute atomic E-state index is 0.188. The molecule has 1 aliphatic rings. The van der Waals surface area contributed by atoms with Gasteiger partial charge in [-0.05, 0) is 38.1 Å². The van der Waals surface area contributed by atoms with E-state index in [-0.39, 0.29) is 12.0 Å². The summed E-state index contributed by atoms with van der Waals surface area (Å²) in [6.07, 6.45) is 4.26. The molecule has 0 saturated carbocycles. The van der Waals surface area contributed by atoms with Crippen molar-refractivity contribution in [2.45, 2.75) is 32.7 Å². The molecule has 0 aliphatic heterocycles. The van der Waals surface area contributed by atoms with Crippen LogP contribution in [0.25, 0.3) is 6.08 Å². The summed E-state index contributed by atoms with van der Waals surface area (Å²) in [5.74, 6) is 0.473. The molecule has 0 N–H and O–H groups in total. The molecule has 0 radical (unpaired) electrons. The van der Waals surface area contributed by atoms with E-state index in [1.54, 1.807) is 0 Å². The smallest absolute Gasteiger partial charge is 0.348 e. The van der Waals surface area contributed by atoms with Crippen molar-refractivity contribution in [3.05, 3.63) is 27.5 Å². The van der Waals surface area contributed by atoms with Crippen molar-refractivity contribution in [3.8, 4) is 0 Å². The number of thiophene rings is 1. The first-order chi connectivity index (χ1) is 9.08. The zero-order valence-electron chi connectivity index (χ0n) is 11.6. The molecule has 19 heavy (non-hydrogen) atoms. The van der Waals surface area contributed by atoms with Gasteiger partial charge < -0.3 is 4.74 Å². The fourth-order valence-corrected chi connectivity index (χ4v) is 3.62. The van der Waals surface area contributed by atoms with Gasteiger partial charge in [0.25, 0.3) is 0 Å². The average molecular weight is 277 g/mol. The van der Waals surface area contributed by atoms with Gasteiger partial charge in [0.1, 0.15) is 4.88 Å². The van der Waals surface area contributed by atoms with Crippen molar-refractivity contribution in [2.24, 2.45) is 10.9 Å². The molecule has 0 aromatic carbocycles. The molecule has 0 spiro atoms. The number of carbonyl (C=O) groups excluding carboxylic acids is 1. The zero-order chi connectivity index (χ0) is 14.0. The van der Waals surface area contributed by atoms with Crippen LogP contribution in [0.1, 0.15) is 46.8 Å². The molecule has 3 atom stereocenters. The second-order valence-corrected chi connectivity index (χ2v) is 5.88. The van der Waals surface area contributed by atoms with Crippen molar-refractivity contribution in [2.75, 3.05) is 6.61 Å². The van der Waals surface area contributed by atoms with Crippen LogP contribution in [0.2, 0.25) is 0 Å². The minimum Gasteiger partial charge on any atom is -0.462 e. The highest BCUT2D eigenvalue weighted by Crippen LogP contribution is 2.41. The summed E-state index contributed by atoms with van der Waals surface area (Å²) < 4.78 is 5.06. The summed E-state index contributed by atoms with van der Waals surface area (Å²) in [7, 11) is 0. The SMILES string of the molecule is C=NC(C)C1C=Cc2cc(C(=O)OCC)sc2C1C. The van der Waals surface area contributed by atoms with E-state index in [9.17, 15) is 4.79 Å². The predicted molar refractivity (Wildman–Crippen MR) is 80.2 cm³/mol. The van der Waals surface area contributed by atoms with E-state index in [2.05, 4.69) is 37.7 Å². The number of carbonyl (C=O) groups is 1. The second kappa shape index (κ2) is 5.70. The number of esters is 1. The molecule has 1 aromatic rings. The van der Waals surface area contributed by atoms with Crippen LogP contribution in [0.4, 0.5) is 0 Å². The molecule has 0 amide bonds. The van der Waals surface area contributed by atoms with E-state index in [4.69, 9.17) is 4.74 Å². The lowest BCUT2D eigenvalue weighted by atomic mass is 9.82. The van der Waals surface area contributed by atoms with Crippen molar-refractivity contribution in [1.29, 1.82) is 0 Å². The Morgan fingerprint density at radius 3 is 3.00 bits per heavy atom. The first-order valence-corrected chi connectivity index (χ1v) is 7.35. The maximum Gasteiger partial charge on any atom is 0.348 e. The third-order valence-electron chi connectivity index (χ3n) is 3.60. The van der Waals surface area contributed by atoms with E-state index >= 15 is 0 Å². The number of nitrogens with zero attached hydrogens (tertiary/aromatic N) is 1. The van der Waals surface area contributed by atoms with Crippen LogP contribution in [0.3, 0.4) is 0 Å². The summed E-state index contributed by atoms with van der Waals surface area (Å²) in [5, 5.41) is 0. The Bertz CT molecular complexity index is 518. The molecule has 4 heteroatoms. The summed E-state index contributed by atoms with van der Waals surface area (Å²) in [5.41, 5.74) is 1.13. The first kappa shape index (κ1) is 14.0. The van der Waals surface area contributed by atoms with Gasteiger partial charge in [0, 0.05) is 10.8 Å². The quantitative estimate of drug-likeness (QED) is 0.621. The van der Waals surface area contributed by atoms with Crippen LogP contribution < -0.4 is 0 Å².